The van der Waals surface area contributed by atoms with E-state index in [1.54, 1.807) is 0 Å². The lowest BCUT2D eigenvalue weighted by atomic mass is 10.1. The number of nitrogens with one attached hydrogen (secondary N) is 1. The van der Waals surface area contributed by atoms with Crippen LogP contribution < -0.4 is 5.32 Å². The third-order valence-corrected chi connectivity index (χ3v) is 5.28. The minimum absolute atomic E-state index is 0.0221. The maximum absolute atomic E-state index is 12.0. The summed E-state index contributed by atoms with van der Waals surface area (Å²) in [6.45, 7) is 6.31. The number of hydrogen-bond donors (Lipinski definition) is 1. The van der Waals surface area contributed by atoms with Crippen LogP contribution in [-0.4, -0.2) is 17.3 Å². The van der Waals surface area contributed by atoms with Crippen molar-refractivity contribution in [2.75, 3.05) is 5.33 Å². The average molecular weight is 383 g/mol. The zero-order valence-corrected chi connectivity index (χ0v) is 14.2. The standard InChI is InChI=1S/C12H17Br2NOS/c1-7(2)4-9(6-13)15-12(16)10-5-8(3)11(14)17-10/h5,7,9H,4,6H2,1-3H3,(H,15,16). The van der Waals surface area contributed by atoms with Gasteiger partial charge in [-0.1, -0.05) is 29.8 Å². The lowest BCUT2D eigenvalue weighted by molar-refractivity contribution is 0.0941. The molecular weight excluding hydrogens is 366 g/mol. The summed E-state index contributed by atoms with van der Waals surface area (Å²) in [5.74, 6) is 0.601. The minimum atomic E-state index is 0.0221. The van der Waals surface area contributed by atoms with E-state index in [4.69, 9.17) is 0 Å². The van der Waals surface area contributed by atoms with Crippen LogP contribution in [0.1, 0.15) is 35.5 Å². The van der Waals surface area contributed by atoms with Gasteiger partial charge in [-0.3, -0.25) is 4.79 Å². The molecule has 0 spiro atoms. The molecule has 0 fully saturated rings. The summed E-state index contributed by atoms with van der Waals surface area (Å²) in [6, 6.07) is 2.12. The molecule has 1 N–H and O–H groups in total. The number of rotatable bonds is 5. The molecule has 0 saturated heterocycles. The van der Waals surface area contributed by atoms with E-state index in [9.17, 15) is 4.79 Å². The van der Waals surface area contributed by atoms with Gasteiger partial charge in [-0.25, -0.2) is 0 Å². The largest absolute Gasteiger partial charge is 0.348 e. The fourth-order valence-corrected chi connectivity index (χ4v) is 3.42. The third-order valence-electron chi connectivity index (χ3n) is 2.36. The minimum Gasteiger partial charge on any atom is -0.348 e. The number of carbonyl (C=O) groups is 1. The van der Waals surface area contributed by atoms with Gasteiger partial charge in [-0.05, 0) is 46.8 Å². The van der Waals surface area contributed by atoms with Gasteiger partial charge in [0.05, 0.1) is 8.66 Å². The summed E-state index contributed by atoms with van der Waals surface area (Å²) < 4.78 is 1.03. The normalized spacial score (nSPS) is 12.8. The molecule has 1 amide bonds. The van der Waals surface area contributed by atoms with Gasteiger partial charge < -0.3 is 5.32 Å². The van der Waals surface area contributed by atoms with Crippen LogP contribution in [0.4, 0.5) is 0 Å². The number of hydrogen-bond acceptors (Lipinski definition) is 2. The van der Waals surface area contributed by atoms with Gasteiger partial charge in [0, 0.05) is 11.4 Å². The van der Waals surface area contributed by atoms with Crippen molar-refractivity contribution in [3.05, 3.63) is 20.3 Å². The Kier molecular flexibility index (Phi) is 6.17. The molecule has 2 nitrogen and oxygen atoms in total. The van der Waals surface area contributed by atoms with Crippen LogP contribution in [0.5, 0.6) is 0 Å². The molecule has 0 aliphatic rings. The van der Waals surface area contributed by atoms with Crippen molar-refractivity contribution in [3.63, 3.8) is 0 Å². The van der Waals surface area contributed by atoms with Crippen molar-refractivity contribution in [3.8, 4) is 0 Å². The molecule has 0 saturated carbocycles. The SMILES string of the molecule is Cc1cc(C(=O)NC(CBr)CC(C)C)sc1Br. The monoisotopic (exact) mass is 381 g/mol. The van der Waals surface area contributed by atoms with E-state index in [1.165, 1.54) is 11.3 Å². The molecule has 1 unspecified atom stereocenters. The Morgan fingerprint density at radius 1 is 1.53 bits per heavy atom. The van der Waals surface area contributed by atoms with Crippen molar-refractivity contribution in [2.45, 2.75) is 33.2 Å². The Labute approximate surface area is 123 Å². The fraction of sp³-hybridized carbons (Fsp3) is 0.583. The summed E-state index contributed by atoms with van der Waals surface area (Å²) in [4.78, 5) is 12.8. The first-order valence-corrected chi connectivity index (χ1v) is 8.30. The molecule has 1 aromatic rings. The maximum atomic E-state index is 12.0. The van der Waals surface area contributed by atoms with Crippen LogP contribution in [0, 0.1) is 12.8 Å². The second-order valence-corrected chi connectivity index (χ2v) is 7.54. The van der Waals surface area contributed by atoms with Crippen LogP contribution in [-0.2, 0) is 0 Å². The first-order valence-electron chi connectivity index (χ1n) is 5.56. The lowest BCUT2D eigenvalue weighted by Crippen LogP contribution is -2.36. The molecule has 0 aromatic carbocycles. The van der Waals surface area contributed by atoms with Crippen molar-refractivity contribution < 1.29 is 4.79 Å². The number of halogens is 2. The molecule has 0 radical (unpaired) electrons. The van der Waals surface area contributed by atoms with Gasteiger partial charge >= 0.3 is 0 Å². The van der Waals surface area contributed by atoms with Crippen molar-refractivity contribution in [1.29, 1.82) is 0 Å². The van der Waals surface area contributed by atoms with Crippen LogP contribution in [0.3, 0.4) is 0 Å². The van der Waals surface area contributed by atoms with Crippen LogP contribution in [0.15, 0.2) is 9.85 Å². The second-order valence-electron chi connectivity index (χ2n) is 4.52. The molecule has 96 valence electrons. The molecular formula is C12H17Br2NOS. The number of aryl methyl sites for hydroxylation is 1. The van der Waals surface area contributed by atoms with Crippen LogP contribution in [0.25, 0.3) is 0 Å². The van der Waals surface area contributed by atoms with E-state index in [2.05, 4.69) is 51.0 Å². The van der Waals surface area contributed by atoms with Crippen LogP contribution in [0.2, 0.25) is 0 Å². The highest BCUT2D eigenvalue weighted by Crippen LogP contribution is 2.27. The fourth-order valence-electron chi connectivity index (χ4n) is 1.56. The molecule has 1 heterocycles. The zero-order chi connectivity index (χ0) is 13.0. The topological polar surface area (TPSA) is 29.1 Å². The Hall–Kier alpha value is 0.130. The molecule has 5 heteroatoms. The van der Waals surface area contributed by atoms with Gasteiger partial charge in [-0.15, -0.1) is 11.3 Å². The van der Waals surface area contributed by atoms with Gasteiger partial charge in [0.15, 0.2) is 0 Å². The predicted molar refractivity (Wildman–Crippen MR) is 81.3 cm³/mol. The van der Waals surface area contributed by atoms with Gasteiger partial charge in [0.25, 0.3) is 5.91 Å². The molecule has 0 aliphatic carbocycles. The van der Waals surface area contributed by atoms with E-state index in [0.29, 0.717) is 5.92 Å². The molecule has 0 bridgehead atoms. The molecule has 1 rings (SSSR count). The highest BCUT2D eigenvalue weighted by molar-refractivity contribution is 9.11. The molecule has 1 aromatic heterocycles. The molecule has 0 aliphatic heterocycles. The van der Waals surface area contributed by atoms with Gasteiger partial charge in [0.2, 0.25) is 0 Å². The summed E-state index contributed by atoms with van der Waals surface area (Å²) >= 11 is 8.36. The average Bonchev–Trinajstić information content (AvgIpc) is 2.57. The number of amides is 1. The zero-order valence-electron chi connectivity index (χ0n) is 10.2. The Balaban J connectivity index is 2.64. The second kappa shape index (κ2) is 6.90. The highest BCUT2D eigenvalue weighted by Gasteiger charge is 2.16. The van der Waals surface area contributed by atoms with Gasteiger partial charge in [0.1, 0.15) is 0 Å². The maximum Gasteiger partial charge on any atom is 0.261 e. The molecule has 17 heavy (non-hydrogen) atoms. The van der Waals surface area contributed by atoms with E-state index in [0.717, 1.165) is 26.0 Å². The van der Waals surface area contributed by atoms with E-state index in [1.807, 2.05) is 13.0 Å². The lowest BCUT2D eigenvalue weighted by Gasteiger charge is -2.17. The van der Waals surface area contributed by atoms with Crippen LogP contribution >= 0.6 is 43.2 Å². The Bertz CT molecular complexity index is 370. The van der Waals surface area contributed by atoms with E-state index >= 15 is 0 Å². The summed E-state index contributed by atoms with van der Waals surface area (Å²) in [6.07, 6.45) is 0.989. The van der Waals surface area contributed by atoms with Crippen molar-refractivity contribution in [2.24, 2.45) is 5.92 Å². The van der Waals surface area contributed by atoms with Crippen molar-refractivity contribution >= 4 is 49.1 Å². The smallest absolute Gasteiger partial charge is 0.261 e. The van der Waals surface area contributed by atoms with Gasteiger partial charge in [-0.2, -0.15) is 0 Å². The Morgan fingerprint density at radius 3 is 2.59 bits per heavy atom. The van der Waals surface area contributed by atoms with Crippen molar-refractivity contribution in [1.82, 2.24) is 5.32 Å². The summed E-state index contributed by atoms with van der Waals surface area (Å²) in [5, 5.41) is 3.85. The highest BCUT2D eigenvalue weighted by atomic mass is 79.9. The Morgan fingerprint density at radius 2 is 2.18 bits per heavy atom. The summed E-state index contributed by atoms with van der Waals surface area (Å²) in [7, 11) is 0. The first-order chi connectivity index (χ1) is 7.93. The first kappa shape index (κ1) is 15.2. The third kappa shape index (κ3) is 4.72. The summed E-state index contributed by atoms with van der Waals surface area (Å²) in [5.41, 5.74) is 1.11. The number of thiophene rings is 1. The predicted octanol–water partition coefficient (Wildman–Crippen LogP) is 4.36. The number of carbonyl (C=O) groups excluding carboxylic acids is 1. The quantitative estimate of drug-likeness (QED) is 0.753. The van der Waals surface area contributed by atoms with E-state index in [-0.39, 0.29) is 11.9 Å². The molecule has 1 atom stereocenters. The van der Waals surface area contributed by atoms with E-state index < -0.39 is 0 Å². The number of alkyl halides is 1.